The van der Waals surface area contributed by atoms with Crippen molar-refractivity contribution in [3.8, 4) is 45.5 Å². The number of aromatic nitrogens is 4. The van der Waals surface area contributed by atoms with Gasteiger partial charge in [-0.05, 0) is 59.7 Å². The quantitative estimate of drug-likeness (QED) is 0.196. The summed E-state index contributed by atoms with van der Waals surface area (Å²) in [5.41, 5.74) is 10.6. The van der Waals surface area contributed by atoms with Crippen LogP contribution in [0.5, 0.6) is 11.5 Å². The van der Waals surface area contributed by atoms with Crippen LogP contribution < -0.4 is 4.74 Å². The van der Waals surface area contributed by atoms with Gasteiger partial charge < -0.3 is 9.30 Å². The van der Waals surface area contributed by atoms with Gasteiger partial charge in [0.25, 0.3) is 0 Å². The molecule has 7 aromatic carbocycles. The Labute approximate surface area is 280 Å². The zero-order valence-electron chi connectivity index (χ0n) is 26.2. The van der Waals surface area contributed by atoms with Crippen molar-refractivity contribution < 1.29 is 4.74 Å². The van der Waals surface area contributed by atoms with Crippen molar-refractivity contribution in [1.29, 1.82) is 0 Å². The molecule has 0 aliphatic carbocycles. The van der Waals surface area contributed by atoms with Gasteiger partial charge in [0.2, 0.25) is 5.95 Å². The third-order valence-corrected chi connectivity index (χ3v) is 9.94. The summed E-state index contributed by atoms with van der Waals surface area (Å²) < 4.78 is 11.0. The van der Waals surface area contributed by atoms with Crippen molar-refractivity contribution in [2.24, 2.45) is 0 Å². The van der Waals surface area contributed by atoms with E-state index in [4.69, 9.17) is 14.7 Å². The van der Waals surface area contributed by atoms with E-state index in [1.54, 1.807) is 0 Å². The predicted molar refractivity (Wildman–Crippen MR) is 199 cm³/mol. The van der Waals surface area contributed by atoms with Gasteiger partial charge in [-0.25, -0.2) is 9.97 Å². The molecule has 0 spiro atoms. The lowest BCUT2D eigenvalue weighted by atomic mass is 10.0. The molecule has 228 valence electrons. The Bertz CT molecular complexity index is 2960. The number of hydrogen-bond acceptors (Lipinski definition) is 3. The van der Waals surface area contributed by atoms with Gasteiger partial charge in [0.1, 0.15) is 11.5 Å². The van der Waals surface area contributed by atoms with Crippen LogP contribution in [0.4, 0.5) is 0 Å². The molecule has 0 unspecified atom stereocenters. The molecule has 0 N–H and O–H groups in total. The largest absolute Gasteiger partial charge is 0.456 e. The zero-order valence-corrected chi connectivity index (χ0v) is 26.2. The van der Waals surface area contributed by atoms with Crippen molar-refractivity contribution in [3.63, 3.8) is 0 Å². The molecule has 5 nitrogen and oxygen atoms in total. The SMILES string of the molecule is c1ccc(-c2ccc(-n3c4ccccc4c4ccc5c6ccccc6n(-c6nc7c8c(cccc8n6)Oc6ccccc6-7)c5c43)cc2)cc1. The minimum atomic E-state index is 0.631. The summed E-state index contributed by atoms with van der Waals surface area (Å²) >= 11 is 0. The Morgan fingerprint density at radius 3 is 1.82 bits per heavy atom. The van der Waals surface area contributed by atoms with Gasteiger partial charge >= 0.3 is 0 Å². The topological polar surface area (TPSA) is 44.9 Å². The molecule has 3 aromatic heterocycles. The van der Waals surface area contributed by atoms with E-state index >= 15 is 0 Å². The van der Waals surface area contributed by atoms with E-state index in [-0.39, 0.29) is 0 Å². The highest BCUT2D eigenvalue weighted by Gasteiger charge is 2.26. The van der Waals surface area contributed by atoms with E-state index in [9.17, 15) is 0 Å². The van der Waals surface area contributed by atoms with Crippen molar-refractivity contribution in [2.45, 2.75) is 0 Å². The first kappa shape index (κ1) is 26.4. The van der Waals surface area contributed by atoms with Crippen LogP contribution in [0.25, 0.3) is 88.5 Å². The maximum atomic E-state index is 6.32. The van der Waals surface area contributed by atoms with Gasteiger partial charge in [-0.1, -0.05) is 109 Å². The van der Waals surface area contributed by atoms with Crippen molar-refractivity contribution in [1.82, 2.24) is 19.1 Å². The van der Waals surface area contributed by atoms with Crippen LogP contribution in [0.2, 0.25) is 0 Å². The van der Waals surface area contributed by atoms with Crippen molar-refractivity contribution in [3.05, 3.63) is 158 Å². The molecule has 5 heteroatoms. The molecule has 0 radical (unpaired) electrons. The highest BCUT2D eigenvalue weighted by atomic mass is 16.5. The molecule has 49 heavy (non-hydrogen) atoms. The summed E-state index contributed by atoms with van der Waals surface area (Å²) in [5.74, 6) is 2.21. The molecule has 0 saturated heterocycles. The van der Waals surface area contributed by atoms with E-state index in [1.165, 1.54) is 21.9 Å². The lowest BCUT2D eigenvalue weighted by Gasteiger charge is -2.21. The van der Waals surface area contributed by atoms with Crippen LogP contribution >= 0.6 is 0 Å². The lowest BCUT2D eigenvalue weighted by Crippen LogP contribution is -2.07. The Balaban J connectivity index is 1.27. The van der Waals surface area contributed by atoms with Crippen LogP contribution in [0.1, 0.15) is 0 Å². The van der Waals surface area contributed by atoms with E-state index < -0.39 is 0 Å². The number of rotatable bonds is 3. The van der Waals surface area contributed by atoms with Gasteiger partial charge in [-0.15, -0.1) is 0 Å². The monoisotopic (exact) mass is 626 g/mol. The number of fused-ring (bicyclic) bond motifs is 9. The van der Waals surface area contributed by atoms with E-state index in [2.05, 4.69) is 137 Å². The highest BCUT2D eigenvalue weighted by Crippen LogP contribution is 2.46. The van der Waals surface area contributed by atoms with Crippen LogP contribution in [-0.4, -0.2) is 19.1 Å². The summed E-state index contributed by atoms with van der Waals surface area (Å²) in [4.78, 5) is 10.7. The third-order valence-electron chi connectivity index (χ3n) is 9.94. The molecule has 1 aliphatic rings. The third kappa shape index (κ3) is 3.70. The molecule has 0 amide bonds. The fraction of sp³-hybridized carbons (Fsp3) is 0. The summed E-state index contributed by atoms with van der Waals surface area (Å²) in [6.07, 6.45) is 0. The Morgan fingerprint density at radius 1 is 0.429 bits per heavy atom. The van der Waals surface area contributed by atoms with Crippen molar-refractivity contribution in [2.75, 3.05) is 0 Å². The minimum Gasteiger partial charge on any atom is -0.456 e. The average Bonchev–Trinajstić information content (AvgIpc) is 3.68. The second kappa shape index (κ2) is 9.89. The smallest absolute Gasteiger partial charge is 0.235 e. The van der Waals surface area contributed by atoms with Crippen LogP contribution in [0.3, 0.4) is 0 Å². The highest BCUT2D eigenvalue weighted by molar-refractivity contribution is 6.23. The molecule has 0 atom stereocenters. The first-order valence-electron chi connectivity index (χ1n) is 16.5. The van der Waals surface area contributed by atoms with Crippen molar-refractivity contribution >= 4 is 54.5 Å². The number of hydrogen-bond donors (Lipinski definition) is 0. The Kier molecular flexibility index (Phi) is 5.32. The molecular formula is C44H26N4O. The summed E-state index contributed by atoms with van der Waals surface area (Å²) in [7, 11) is 0. The normalized spacial score (nSPS) is 12.2. The number of benzene rings is 7. The van der Waals surface area contributed by atoms with E-state index in [0.29, 0.717) is 5.95 Å². The maximum Gasteiger partial charge on any atom is 0.235 e. The average molecular weight is 627 g/mol. The lowest BCUT2D eigenvalue weighted by molar-refractivity contribution is 0.486. The fourth-order valence-electron chi connectivity index (χ4n) is 7.80. The van der Waals surface area contributed by atoms with Gasteiger partial charge in [0.05, 0.1) is 38.7 Å². The zero-order chi connectivity index (χ0) is 32.1. The Morgan fingerprint density at radius 2 is 1.04 bits per heavy atom. The van der Waals surface area contributed by atoms with E-state index in [1.807, 2.05) is 30.3 Å². The van der Waals surface area contributed by atoms with Gasteiger partial charge in [0.15, 0.2) is 0 Å². The van der Waals surface area contributed by atoms with Crippen LogP contribution in [0.15, 0.2) is 158 Å². The molecule has 10 aromatic rings. The number of ether oxygens (including phenoxy) is 1. The molecular weight excluding hydrogens is 601 g/mol. The molecule has 4 heterocycles. The summed E-state index contributed by atoms with van der Waals surface area (Å²) in [5, 5.41) is 5.63. The number of nitrogens with zero attached hydrogens (tertiary/aromatic N) is 4. The molecule has 0 fully saturated rings. The maximum absolute atomic E-state index is 6.32. The fourth-order valence-corrected chi connectivity index (χ4v) is 7.80. The van der Waals surface area contributed by atoms with Crippen LogP contribution in [-0.2, 0) is 0 Å². The minimum absolute atomic E-state index is 0.631. The molecule has 11 rings (SSSR count). The standard InChI is InChI=1S/C44H26N4O/c1-2-11-27(12-3-1)28-21-23-29(24-22-28)47-36-17-7-4-13-30(36)32-25-26-33-31-14-5-8-18-37(31)48(43(33)42(32)47)44-45-35-16-10-20-39-40(35)41(46-44)34-15-6-9-19-38(34)49-39/h1-26H. The van der Waals surface area contributed by atoms with Crippen LogP contribution in [0, 0.1) is 0 Å². The first-order valence-corrected chi connectivity index (χ1v) is 16.5. The first-order chi connectivity index (χ1) is 24.3. The summed E-state index contributed by atoms with van der Waals surface area (Å²) in [6.45, 7) is 0. The van der Waals surface area contributed by atoms with Gasteiger partial charge in [-0.3, -0.25) is 4.57 Å². The van der Waals surface area contributed by atoms with Gasteiger partial charge in [0, 0.05) is 32.8 Å². The molecule has 0 saturated carbocycles. The summed E-state index contributed by atoms with van der Waals surface area (Å²) in [6, 6.07) is 55.4. The second-order valence-electron chi connectivity index (χ2n) is 12.6. The van der Waals surface area contributed by atoms with E-state index in [0.717, 1.165) is 72.2 Å². The molecule has 0 bridgehead atoms. The predicted octanol–water partition coefficient (Wildman–Crippen LogP) is 11.3. The number of para-hydroxylation sites is 3. The molecule has 1 aliphatic heterocycles. The van der Waals surface area contributed by atoms with Gasteiger partial charge in [-0.2, -0.15) is 0 Å². The second-order valence-corrected chi connectivity index (χ2v) is 12.6. The Hall–Kier alpha value is -6.72.